The quantitative estimate of drug-likeness (QED) is 0.511. The summed E-state index contributed by atoms with van der Waals surface area (Å²) in [5.41, 5.74) is 4.61. The average molecular weight is 401 g/mol. The smallest absolute Gasteiger partial charge is 0.276 e. The Balaban J connectivity index is 1.54. The number of nitrogens with one attached hydrogen (secondary N) is 1. The number of hydrogen-bond donors (Lipinski definition) is 1. The lowest BCUT2D eigenvalue weighted by Crippen LogP contribution is -2.17. The van der Waals surface area contributed by atoms with Crippen LogP contribution in [0.25, 0.3) is 22.0 Å². The molecule has 1 amide bonds. The minimum Gasteiger partial charge on any atom is -0.372 e. The standard InChI is InChI=1S/C23H20N4OS/c28-22(26-23-24-11-14-29-23)20-10-9-16-5-4-8-19(21(16)25-20)17-6-3-7-18(15-17)27-12-1-2-13-27/h3-11,14-15H,1-2,12-13H2,(H,24,26,28). The molecule has 1 fully saturated rings. The van der Waals surface area contributed by atoms with Crippen molar-refractivity contribution in [3.8, 4) is 11.1 Å². The van der Waals surface area contributed by atoms with Gasteiger partial charge in [-0.2, -0.15) is 0 Å². The van der Waals surface area contributed by atoms with Gasteiger partial charge in [-0.1, -0.05) is 36.4 Å². The first-order valence-corrected chi connectivity index (χ1v) is 10.6. The van der Waals surface area contributed by atoms with Crippen LogP contribution >= 0.6 is 11.3 Å². The second kappa shape index (κ2) is 7.64. The summed E-state index contributed by atoms with van der Waals surface area (Å²) in [6.45, 7) is 2.22. The van der Waals surface area contributed by atoms with Gasteiger partial charge in [0.05, 0.1) is 5.52 Å². The van der Waals surface area contributed by atoms with Crippen LogP contribution in [-0.2, 0) is 0 Å². The van der Waals surface area contributed by atoms with Gasteiger partial charge in [0, 0.05) is 41.3 Å². The fourth-order valence-corrected chi connectivity index (χ4v) is 4.32. The van der Waals surface area contributed by atoms with Crippen LogP contribution in [-0.4, -0.2) is 29.0 Å². The highest BCUT2D eigenvalue weighted by Gasteiger charge is 2.15. The topological polar surface area (TPSA) is 58.1 Å². The van der Waals surface area contributed by atoms with Gasteiger partial charge in [0.1, 0.15) is 5.69 Å². The fourth-order valence-electron chi connectivity index (χ4n) is 3.80. The summed E-state index contributed by atoms with van der Waals surface area (Å²) in [7, 11) is 0. The Hall–Kier alpha value is -3.25. The summed E-state index contributed by atoms with van der Waals surface area (Å²) in [6.07, 6.45) is 4.16. The van der Waals surface area contributed by atoms with E-state index in [0.29, 0.717) is 10.8 Å². The van der Waals surface area contributed by atoms with Gasteiger partial charge in [-0.25, -0.2) is 9.97 Å². The molecular weight excluding hydrogens is 380 g/mol. The molecule has 2 aromatic carbocycles. The van der Waals surface area contributed by atoms with Crippen LogP contribution in [0, 0.1) is 0 Å². The molecule has 0 saturated carbocycles. The van der Waals surface area contributed by atoms with Crippen molar-refractivity contribution in [2.45, 2.75) is 12.8 Å². The number of amides is 1. The molecule has 0 atom stereocenters. The van der Waals surface area contributed by atoms with E-state index in [9.17, 15) is 4.79 Å². The Labute approximate surface area is 173 Å². The lowest BCUT2D eigenvalue weighted by atomic mass is 10.0. The number of nitrogens with zero attached hydrogens (tertiary/aromatic N) is 3. The van der Waals surface area contributed by atoms with Gasteiger partial charge >= 0.3 is 0 Å². The van der Waals surface area contributed by atoms with Gasteiger partial charge in [0.15, 0.2) is 5.13 Å². The zero-order valence-electron chi connectivity index (χ0n) is 15.8. The molecule has 1 aliphatic rings. The molecular formula is C23H20N4OS. The van der Waals surface area contributed by atoms with E-state index < -0.39 is 0 Å². The maximum atomic E-state index is 12.6. The molecule has 0 unspecified atom stereocenters. The lowest BCUT2D eigenvalue weighted by Gasteiger charge is -2.18. The molecule has 6 heteroatoms. The van der Waals surface area contributed by atoms with Gasteiger partial charge in [-0.15, -0.1) is 11.3 Å². The Morgan fingerprint density at radius 2 is 1.90 bits per heavy atom. The molecule has 1 saturated heterocycles. The van der Waals surface area contributed by atoms with E-state index in [1.807, 2.05) is 23.6 Å². The number of carbonyl (C=O) groups excluding carboxylic acids is 1. The number of benzene rings is 2. The van der Waals surface area contributed by atoms with E-state index >= 15 is 0 Å². The number of hydrogen-bond acceptors (Lipinski definition) is 5. The van der Waals surface area contributed by atoms with Gasteiger partial charge < -0.3 is 4.90 Å². The van der Waals surface area contributed by atoms with E-state index in [4.69, 9.17) is 4.98 Å². The first-order chi connectivity index (χ1) is 14.3. The SMILES string of the molecule is O=C(Nc1nccs1)c1ccc2cccc(-c3cccc(N4CCCC4)c3)c2n1. The molecule has 0 bridgehead atoms. The zero-order chi connectivity index (χ0) is 19.6. The highest BCUT2D eigenvalue weighted by molar-refractivity contribution is 7.13. The Morgan fingerprint density at radius 3 is 2.72 bits per heavy atom. The van der Waals surface area contributed by atoms with Crippen molar-refractivity contribution in [3.63, 3.8) is 0 Å². The summed E-state index contributed by atoms with van der Waals surface area (Å²) < 4.78 is 0. The van der Waals surface area contributed by atoms with E-state index in [2.05, 4.69) is 45.5 Å². The van der Waals surface area contributed by atoms with E-state index in [-0.39, 0.29) is 5.91 Å². The van der Waals surface area contributed by atoms with E-state index in [0.717, 1.165) is 35.1 Å². The minimum absolute atomic E-state index is 0.248. The molecule has 1 N–H and O–H groups in total. The highest BCUT2D eigenvalue weighted by Crippen LogP contribution is 2.31. The Kier molecular flexibility index (Phi) is 4.69. The van der Waals surface area contributed by atoms with Crippen molar-refractivity contribution in [1.29, 1.82) is 0 Å². The van der Waals surface area contributed by atoms with Crippen molar-refractivity contribution in [2.24, 2.45) is 0 Å². The number of para-hydroxylation sites is 1. The van der Waals surface area contributed by atoms with Crippen molar-refractivity contribution in [2.75, 3.05) is 23.3 Å². The third-order valence-corrected chi connectivity index (χ3v) is 5.92. The van der Waals surface area contributed by atoms with Gasteiger partial charge in [-0.3, -0.25) is 10.1 Å². The predicted molar refractivity (Wildman–Crippen MR) is 119 cm³/mol. The van der Waals surface area contributed by atoms with Crippen LogP contribution in [0.3, 0.4) is 0 Å². The Bertz CT molecular complexity index is 1170. The third-order valence-electron chi connectivity index (χ3n) is 5.23. The molecule has 5 nitrogen and oxygen atoms in total. The molecule has 0 aliphatic carbocycles. The number of aromatic nitrogens is 2. The molecule has 144 valence electrons. The normalized spacial score (nSPS) is 13.7. The van der Waals surface area contributed by atoms with Crippen LogP contribution in [0.5, 0.6) is 0 Å². The average Bonchev–Trinajstić information content (AvgIpc) is 3.47. The third kappa shape index (κ3) is 3.59. The number of anilines is 2. The maximum Gasteiger partial charge on any atom is 0.276 e. The number of thiazole rings is 1. The van der Waals surface area contributed by atoms with Crippen molar-refractivity contribution in [1.82, 2.24) is 9.97 Å². The minimum atomic E-state index is -0.248. The first-order valence-electron chi connectivity index (χ1n) is 9.74. The maximum absolute atomic E-state index is 12.6. The second-order valence-corrected chi connectivity index (χ2v) is 8.00. The number of carbonyl (C=O) groups is 1. The summed E-state index contributed by atoms with van der Waals surface area (Å²) >= 11 is 1.39. The molecule has 4 aromatic rings. The van der Waals surface area contributed by atoms with Crippen molar-refractivity contribution < 1.29 is 4.79 Å². The van der Waals surface area contributed by atoms with Crippen LogP contribution in [0.4, 0.5) is 10.8 Å². The highest BCUT2D eigenvalue weighted by atomic mass is 32.1. The molecule has 1 aliphatic heterocycles. The van der Waals surface area contributed by atoms with Crippen LogP contribution in [0.1, 0.15) is 23.3 Å². The summed E-state index contributed by atoms with van der Waals surface area (Å²) in [5, 5.41) is 6.22. The van der Waals surface area contributed by atoms with Gasteiger partial charge in [-0.05, 0) is 36.6 Å². The fraction of sp³-hybridized carbons (Fsp3) is 0.174. The first kappa shape index (κ1) is 17.8. The molecule has 2 aromatic heterocycles. The monoisotopic (exact) mass is 400 g/mol. The number of fused-ring (bicyclic) bond motifs is 1. The van der Waals surface area contributed by atoms with E-state index in [1.54, 1.807) is 12.3 Å². The molecule has 3 heterocycles. The summed E-state index contributed by atoms with van der Waals surface area (Å²) in [4.78, 5) is 23.9. The van der Waals surface area contributed by atoms with Crippen molar-refractivity contribution in [3.05, 3.63) is 71.9 Å². The van der Waals surface area contributed by atoms with Crippen LogP contribution < -0.4 is 10.2 Å². The molecule has 0 radical (unpaired) electrons. The summed E-state index contributed by atoms with van der Waals surface area (Å²) in [6, 6.07) is 18.4. The molecule has 29 heavy (non-hydrogen) atoms. The Morgan fingerprint density at radius 1 is 1.03 bits per heavy atom. The second-order valence-electron chi connectivity index (χ2n) is 7.11. The molecule has 0 spiro atoms. The molecule has 5 rings (SSSR count). The lowest BCUT2D eigenvalue weighted by molar-refractivity contribution is 0.102. The predicted octanol–water partition coefficient (Wildman–Crippen LogP) is 5.21. The number of rotatable bonds is 4. The number of pyridine rings is 1. The van der Waals surface area contributed by atoms with Crippen LogP contribution in [0.15, 0.2) is 66.2 Å². The largest absolute Gasteiger partial charge is 0.372 e. The van der Waals surface area contributed by atoms with Gasteiger partial charge in [0.25, 0.3) is 5.91 Å². The van der Waals surface area contributed by atoms with Crippen LogP contribution in [0.2, 0.25) is 0 Å². The van der Waals surface area contributed by atoms with E-state index in [1.165, 1.54) is 29.9 Å². The zero-order valence-corrected chi connectivity index (χ0v) is 16.7. The summed E-state index contributed by atoms with van der Waals surface area (Å²) in [5.74, 6) is -0.248. The van der Waals surface area contributed by atoms with Crippen molar-refractivity contribution >= 4 is 39.0 Å². The van der Waals surface area contributed by atoms with Gasteiger partial charge in [0.2, 0.25) is 0 Å².